The Kier molecular flexibility index (Phi) is 5.38. The quantitative estimate of drug-likeness (QED) is 0.785. The van der Waals surface area contributed by atoms with Crippen LogP contribution in [0.2, 0.25) is 10.0 Å². The zero-order chi connectivity index (χ0) is 16.9. The number of aryl methyl sites for hydroxylation is 1. The third-order valence-electron chi connectivity index (χ3n) is 3.77. The number of rotatable bonds is 5. The second kappa shape index (κ2) is 7.69. The lowest BCUT2D eigenvalue weighted by atomic mass is 10.0. The van der Waals surface area contributed by atoms with Gasteiger partial charge in [-0.1, -0.05) is 35.3 Å². The molecule has 0 aliphatic carbocycles. The van der Waals surface area contributed by atoms with Gasteiger partial charge in [0.05, 0.1) is 16.6 Å². The van der Waals surface area contributed by atoms with Gasteiger partial charge >= 0.3 is 0 Å². The Hall–Kier alpha value is -2.04. The molecule has 0 saturated heterocycles. The largest absolute Gasteiger partial charge is 0.354 e. The summed E-state index contributed by atoms with van der Waals surface area (Å²) in [6, 6.07) is 13.0. The molecule has 3 rings (SSSR count). The molecule has 0 bridgehead atoms. The van der Waals surface area contributed by atoms with Crippen LogP contribution in [0.5, 0.6) is 0 Å². The number of carbonyl (C=O) groups excluding carboxylic acids is 1. The second-order valence-electron chi connectivity index (χ2n) is 5.53. The molecule has 0 radical (unpaired) electrons. The summed E-state index contributed by atoms with van der Waals surface area (Å²) in [5.41, 5.74) is 2.67. The van der Waals surface area contributed by atoms with Gasteiger partial charge in [0, 0.05) is 24.2 Å². The number of ketones is 1. The maximum Gasteiger partial charge on any atom is 0.195 e. The molecule has 4 nitrogen and oxygen atoms in total. The van der Waals surface area contributed by atoms with Gasteiger partial charge in [-0.2, -0.15) is 0 Å². The fourth-order valence-corrected chi connectivity index (χ4v) is 2.74. The number of Topliss-reactive ketones (excluding diaryl/α,β-unsaturated/α-hetero) is 1. The number of nitrogens with one attached hydrogen (secondary N) is 2. The third kappa shape index (κ3) is 4.28. The van der Waals surface area contributed by atoms with Crippen LogP contribution in [-0.4, -0.2) is 24.8 Å². The fourth-order valence-electron chi connectivity index (χ4n) is 2.44. The monoisotopic (exact) mass is 361 g/mol. The number of hydrogen-bond acceptors (Lipinski definition) is 4. The number of guanidine groups is 1. The van der Waals surface area contributed by atoms with E-state index in [1.54, 1.807) is 18.2 Å². The summed E-state index contributed by atoms with van der Waals surface area (Å²) in [5.74, 6) is 0.859. The van der Waals surface area contributed by atoms with Gasteiger partial charge in [0.25, 0.3) is 0 Å². The number of nitrogens with zero attached hydrogens (tertiary/aromatic N) is 1. The number of halogens is 2. The van der Waals surface area contributed by atoms with Gasteiger partial charge in [-0.3, -0.25) is 9.79 Å². The summed E-state index contributed by atoms with van der Waals surface area (Å²) >= 11 is 11.8. The molecule has 1 aliphatic heterocycles. The van der Waals surface area contributed by atoms with Crippen molar-refractivity contribution < 1.29 is 4.79 Å². The first-order valence-electron chi connectivity index (χ1n) is 7.74. The van der Waals surface area contributed by atoms with Gasteiger partial charge in [-0.05, 0) is 42.3 Å². The van der Waals surface area contributed by atoms with Crippen LogP contribution in [0, 0.1) is 0 Å². The van der Waals surface area contributed by atoms with Crippen molar-refractivity contribution in [3.8, 4) is 0 Å². The fraction of sp³-hybridized carbons (Fsp3) is 0.222. The molecule has 0 fully saturated rings. The molecule has 6 heteroatoms. The zero-order valence-electron chi connectivity index (χ0n) is 13.0. The summed E-state index contributed by atoms with van der Waals surface area (Å²) in [6.07, 6.45) is 1.11. The first-order valence-corrected chi connectivity index (χ1v) is 8.50. The van der Waals surface area contributed by atoms with E-state index in [4.69, 9.17) is 23.2 Å². The van der Waals surface area contributed by atoms with Crippen LogP contribution >= 0.6 is 23.2 Å². The van der Waals surface area contributed by atoms with E-state index >= 15 is 0 Å². The molecule has 0 amide bonds. The SMILES string of the molecule is O=C(CCc1ccc(NC2=NCCN2)cc1)c1ccc(Cl)c(Cl)c1. The van der Waals surface area contributed by atoms with Gasteiger partial charge in [0.15, 0.2) is 11.7 Å². The maximum absolute atomic E-state index is 12.2. The van der Waals surface area contributed by atoms with Crippen LogP contribution in [0.4, 0.5) is 5.69 Å². The molecule has 0 unspecified atom stereocenters. The summed E-state index contributed by atoms with van der Waals surface area (Å²) in [4.78, 5) is 16.5. The standard InChI is InChI=1S/C18H17Cl2N3O/c19-15-7-4-13(11-16(15)20)17(24)8-3-12-1-5-14(6-2-12)23-18-21-9-10-22-18/h1-2,4-7,11H,3,8-10H2,(H2,21,22,23). The molecular formula is C18H17Cl2N3O. The lowest BCUT2D eigenvalue weighted by molar-refractivity contribution is 0.0983. The number of anilines is 1. The molecule has 0 spiro atoms. The topological polar surface area (TPSA) is 53.5 Å². The van der Waals surface area contributed by atoms with E-state index in [9.17, 15) is 4.79 Å². The van der Waals surface area contributed by atoms with Crippen molar-refractivity contribution in [3.05, 3.63) is 63.6 Å². The number of carbonyl (C=O) groups is 1. The third-order valence-corrected chi connectivity index (χ3v) is 4.51. The van der Waals surface area contributed by atoms with Crippen molar-refractivity contribution in [2.45, 2.75) is 12.8 Å². The Balaban J connectivity index is 1.55. The van der Waals surface area contributed by atoms with Crippen molar-refractivity contribution in [1.82, 2.24) is 5.32 Å². The Morgan fingerprint density at radius 2 is 1.92 bits per heavy atom. The molecule has 2 aromatic carbocycles. The summed E-state index contributed by atoms with van der Waals surface area (Å²) in [5, 5.41) is 7.24. The van der Waals surface area contributed by atoms with E-state index in [0.717, 1.165) is 30.3 Å². The molecule has 0 atom stereocenters. The molecule has 1 heterocycles. The van der Waals surface area contributed by atoms with Crippen LogP contribution in [0.25, 0.3) is 0 Å². The van der Waals surface area contributed by atoms with Crippen LogP contribution in [-0.2, 0) is 6.42 Å². The maximum atomic E-state index is 12.2. The predicted molar refractivity (Wildman–Crippen MR) is 99.5 cm³/mol. The molecular weight excluding hydrogens is 345 g/mol. The minimum atomic E-state index is 0.0558. The van der Waals surface area contributed by atoms with E-state index in [-0.39, 0.29) is 5.78 Å². The summed E-state index contributed by atoms with van der Waals surface area (Å²) in [6.45, 7) is 1.68. The van der Waals surface area contributed by atoms with Crippen LogP contribution in [0.15, 0.2) is 47.5 Å². The Morgan fingerprint density at radius 1 is 1.12 bits per heavy atom. The lowest BCUT2D eigenvalue weighted by Crippen LogP contribution is -2.26. The highest BCUT2D eigenvalue weighted by Crippen LogP contribution is 2.23. The van der Waals surface area contributed by atoms with Crippen molar-refractivity contribution in [1.29, 1.82) is 0 Å². The number of aliphatic imine (C=N–C) groups is 1. The van der Waals surface area contributed by atoms with Gasteiger partial charge in [-0.15, -0.1) is 0 Å². The molecule has 0 aromatic heterocycles. The van der Waals surface area contributed by atoms with E-state index in [1.165, 1.54) is 0 Å². The molecule has 124 valence electrons. The smallest absolute Gasteiger partial charge is 0.195 e. The summed E-state index contributed by atoms with van der Waals surface area (Å²) in [7, 11) is 0. The first kappa shape index (κ1) is 16.8. The van der Waals surface area contributed by atoms with E-state index < -0.39 is 0 Å². The second-order valence-corrected chi connectivity index (χ2v) is 6.35. The Labute approximate surface area is 150 Å². The highest BCUT2D eigenvalue weighted by molar-refractivity contribution is 6.42. The molecule has 24 heavy (non-hydrogen) atoms. The lowest BCUT2D eigenvalue weighted by Gasteiger charge is -2.08. The van der Waals surface area contributed by atoms with Crippen molar-refractivity contribution >= 4 is 40.6 Å². The first-order chi connectivity index (χ1) is 11.6. The normalized spacial score (nSPS) is 13.3. The predicted octanol–water partition coefficient (Wildman–Crippen LogP) is 4.18. The average Bonchev–Trinajstić information content (AvgIpc) is 3.09. The van der Waals surface area contributed by atoms with E-state index in [1.807, 2.05) is 24.3 Å². The summed E-state index contributed by atoms with van der Waals surface area (Å²) < 4.78 is 0. The van der Waals surface area contributed by atoms with Crippen molar-refractivity contribution in [3.63, 3.8) is 0 Å². The van der Waals surface area contributed by atoms with Crippen LogP contribution in [0.1, 0.15) is 22.3 Å². The average molecular weight is 362 g/mol. The van der Waals surface area contributed by atoms with Gasteiger partial charge in [0.2, 0.25) is 0 Å². The Bertz CT molecular complexity index is 772. The van der Waals surface area contributed by atoms with E-state index in [0.29, 0.717) is 28.5 Å². The van der Waals surface area contributed by atoms with Crippen LogP contribution in [0.3, 0.4) is 0 Å². The molecule has 2 aromatic rings. The molecule has 2 N–H and O–H groups in total. The Morgan fingerprint density at radius 3 is 2.58 bits per heavy atom. The zero-order valence-corrected chi connectivity index (χ0v) is 14.5. The molecule has 0 saturated carbocycles. The van der Waals surface area contributed by atoms with E-state index in [2.05, 4.69) is 15.6 Å². The number of hydrogen-bond donors (Lipinski definition) is 2. The highest BCUT2D eigenvalue weighted by Gasteiger charge is 2.09. The van der Waals surface area contributed by atoms with Gasteiger partial charge < -0.3 is 10.6 Å². The molecule has 1 aliphatic rings. The van der Waals surface area contributed by atoms with Gasteiger partial charge in [0.1, 0.15) is 0 Å². The van der Waals surface area contributed by atoms with Crippen molar-refractivity contribution in [2.75, 3.05) is 18.4 Å². The van der Waals surface area contributed by atoms with Crippen molar-refractivity contribution in [2.24, 2.45) is 4.99 Å². The van der Waals surface area contributed by atoms with Gasteiger partial charge in [-0.25, -0.2) is 0 Å². The minimum Gasteiger partial charge on any atom is -0.354 e. The highest BCUT2D eigenvalue weighted by atomic mass is 35.5. The van der Waals surface area contributed by atoms with Crippen LogP contribution < -0.4 is 10.6 Å². The number of benzene rings is 2. The minimum absolute atomic E-state index is 0.0558.